The molecule has 4 nitrogen and oxygen atoms in total. The van der Waals surface area contributed by atoms with Crippen LogP contribution in [0.25, 0.3) is 10.9 Å². The van der Waals surface area contributed by atoms with Gasteiger partial charge in [0, 0.05) is 18.0 Å². The molecule has 0 aliphatic carbocycles. The van der Waals surface area contributed by atoms with Gasteiger partial charge in [0.2, 0.25) is 0 Å². The van der Waals surface area contributed by atoms with Gasteiger partial charge in [0.05, 0.1) is 29.8 Å². The number of fused-ring (bicyclic) bond motifs is 1. The number of aryl methyl sites for hydroxylation is 1. The first kappa shape index (κ1) is 11.0. The third kappa shape index (κ3) is 1.62. The Hall–Kier alpha value is -2.07. The minimum absolute atomic E-state index is 0.0508. The van der Waals surface area contributed by atoms with Gasteiger partial charge in [-0.2, -0.15) is 5.10 Å². The molecule has 1 aromatic carbocycles. The van der Waals surface area contributed by atoms with Crippen molar-refractivity contribution >= 4 is 10.9 Å². The highest BCUT2D eigenvalue weighted by Crippen LogP contribution is 2.27. The molecule has 0 radical (unpaired) electrons. The third-order valence-corrected chi connectivity index (χ3v) is 3.23. The van der Waals surface area contributed by atoms with E-state index >= 15 is 0 Å². The van der Waals surface area contributed by atoms with Gasteiger partial charge < -0.3 is 9.73 Å². The minimum Gasteiger partial charge on any atom is -0.472 e. The zero-order valence-corrected chi connectivity index (χ0v) is 10.4. The molecule has 18 heavy (non-hydrogen) atoms. The first-order chi connectivity index (χ1) is 8.81. The summed E-state index contributed by atoms with van der Waals surface area (Å²) in [5, 5.41) is 9.09. The lowest BCUT2D eigenvalue weighted by molar-refractivity contribution is 0.555. The molecule has 3 aromatic rings. The molecule has 0 amide bonds. The lowest BCUT2D eigenvalue weighted by Crippen LogP contribution is -2.18. The fraction of sp³-hybridized carbons (Fsp3) is 0.214. The molecule has 1 N–H and O–H groups in total. The maximum atomic E-state index is 5.16. The molecule has 0 saturated heterocycles. The molecular formula is C14H15N3O. The molecule has 0 bridgehead atoms. The Bertz CT molecular complexity index is 655. The van der Waals surface area contributed by atoms with E-state index in [4.69, 9.17) is 4.42 Å². The summed E-state index contributed by atoms with van der Waals surface area (Å²) in [5.41, 5.74) is 3.24. The average molecular weight is 241 g/mol. The highest BCUT2D eigenvalue weighted by atomic mass is 16.3. The molecule has 0 saturated carbocycles. The van der Waals surface area contributed by atoms with E-state index in [0.29, 0.717) is 0 Å². The van der Waals surface area contributed by atoms with E-state index < -0.39 is 0 Å². The van der Waals surface area contributed by atoms with E-state index in [0.717, 1.165) is 16.8 Å². The first-order valence-electron chi connectivity index (χ1n) is 5.92. The summed E-state index contributed by atoms with van der Waals surface area (Å²) < 4.78 is 7.07. The van der Waals surface area contributed by atoms with Crippen molar-refractivity contribution in [3.05, 3.63) is 54.1 Å². The lowest BCUT2D eigenvalue weighted by Gasteiger charge is -2.11. The van der Waals surface area contributed by atoms with Crippen molar-refractivity contribution in [3.8, 4) is 0 Å². The Morgan fingerprint density at radius 2 is 2.11 bits per heavy atom. The zero-order valence-electron chi connectivity index (χ0n) is 10.4. The second-order valence-corrected chi connectivity index (χ2v) is 4.30. The number of hydrogen-bond acceptors (Lipinski definition) is 3. The van der Waals surface area contributed by atoms with Gasteiger partial charge in [0.25, 0.3) is 0 Å². The standard InChI is InChI=1S/C14H15N3O/c1-15-13(10-7-8-18-9-10)14-11-5-3-4-6-12(11)17(2)16-14/h3-9,13,15H,1-2H3. The largest absolute Gasteiger partial charge is 0.472 e. The summed E-state index contributed by atoms with van der Waals surface area (Å²) in [4.78, 5) is 0. The van der Waals surface area contributed by atoms with E-state index in [1.807, 2.05) is 37.0 Å². The summed E-state index contributed by atoms with van der Waals surface area (Å²) >= 11 is 0. The second-order valence-electron chi connectivity index (χ2n) is 4.30. The molecule has 4 heteroatoms. The van der Waals surface area contributed by atoms with E-state index in [1.54, 1.807) is 12.5 Å². The predicted octanol–water partition coefficient (Wildman–Crippen LogP) is 2.48. The topological polar surface area (TPSA) is 43.0 Å². The van der Waals surface area contributed by atoms with Crippen molar-refractivity contribution in [2.75, 3.05) is 7.05 Å². The number of hydrogen-bond donors (Lipinski definition) is 1. The van der Waals surface area contributed by atoms with Crippen LogP contribution in [0.1, 0.15) is 17.3 Å². The Morgan fingerprint density at radius 1 is 1.28 bits per heavy atom. The summed E-state index contributed by atoms with van der Waals surface area (Å²) in [6, 6.07) is 10.3. The van der Waals surface area contributed by atoms with Crippen LogP contribution in [0, 0.1) is 0 Å². The van der Waals surface area contributed by atoms with Gasteiger partial charge in [0.1, 0.15) is 0 Å². The Morgan fingerprint density at radius 3 is 2.83 bits per heavy atom. The zero-order chi connectivity index (χ0) is 12.5. The Kier molecular flexibility index (Phi) is 2.64. The van der Waals surface area contributed by atoms with Crippen LogP contribution in [0.5, 0.6) is 0 Å². The normalized spacial score (nSPS) is 13.0. The summed E-state index contributed by atoms with van der Waals surface area (Å²) in [5.74, 6) is 0. The number of nitrogens with zero attached hydrogens (tertiary/aromatic N) is 2. The van der Waals surface area contributed by atoms with Crippen molar-refractivity contribution in [3.63, 3.8) is 0 Å². The van der Waals surface area contributed by atoms with Crippen molar-refractivity contribution in [2.24, 2.45) is 7.05 Å². The Balaban J connectivity index is 2.19. The molecule has 0 spiro atoms. The molecule has 3 rings (SSSR count). The fourth-order valence-corrected chi connectivity index (χ4v) is 2.36. The van der Waals surface area contributed by atoms with Crippen LogP contribution in [-0.4, -0.2) is 16.8 Å². The summed E-state index contributed by atoms with van der Waals surface area (Å²) in [6.45, 7) is 0. The van der Waals surface area contributed by atoms with Crippen LogP contribution < -0.4 is 5.32 Å². The van der Waals surface area contributed by atoms with Crippen LogP contribution in [0.4, 0.5) is 0 Å². The lowest BCUT2D eigenvalue weighted by atomic mass is 10.0. The number of benzene rings is 1. The van der Waals surface area contributed by atoms with Crippen LogP contribution in [-0.2, 0) is 7.05 Å². The third-order valence-electron chi connectivity index (χ3n) is 3.23. The van der Waals surface area contributed by atoms with Crippen molar-refractivity contribution in [1.29, 1.82) is 0 Å². The maximum Gasteiger partial charge on any atom is 0.0954 e. The number of para-hydroxylation sites is 1. The molecule has 1 unspecified atom stereocenters. The monoisotopic (exact) mass is 241 g/mol. The van der Waals surface area contributed by atoms with E-state index in [-0.39, 0.29) is 6.04 Å². The van der Waals surface area contributed by atoms with E-state index in [1.165, 1.54) is 5.39 Å². The van der Waals surface area contributed by atoms with Crippen molar-refractivity contribution in [1.82, 2.24) is 15.1 Å². The Labute approximate surface area is 105 Å². The molecule has 0 aliphatic rings. The highest BCUT2D eigenvalue weighted by Gasteiger charge is 2.19. The molecule has 92 valence electrons. The summed E-state index contributed by atoms with van der Waals surface area (Å²) in [7, 11) is 3.90. The second kappa shape index (κ2) is 4.31. The van der Waals surface area contributed by atoms with Gasteiger partial charge in [-0.15, -0.1) is 0 Å². The molecule has 2 heterocycles. The first-order valence-corrected chi connectivity index (χ1v) is 5.92. The summed E-state index contributed by atoms with van der Waals surface area (Å²) in [6.07, 6.45) is 3.44. The van der Waals surface area contributed by atoms with Crippen LogP contribution in [0.2, 0.25) is 0 Å². The van der Waals surface area contributed by atoms with E-state index in [9.17, 15) is 0 Å². The quantitative estimate of drug-likeness (QED) is 0.766. The predicted molar refractivity (Wildman–Crippen MR) is 70.3 cm³/mol. The fourth-order valence-electron chi connectivity index (χ4n) is 2.36. The number of aromatic nitrogens is 2. The van der Waals surface area contributed by atoms with Crippen LogP contribution in [0.3, 0.4) is 0 Å². The number of nitrogens with one attached hydrogen (secondary N) is 1. The van der Waals surface area contributed by atoms with Gasteiger partial charge in [-0.05, 0) is 19.2 Å². The van der Waals surface area contributed by atoms with Gasteiger partial charge in [-0.1, -0.05) is 18.2 Å². The number of rotatable bonds is 3. The minimum atomic E-state index is 0.0508. The highest BCUT2D eigenvalue weighted by molar-refractivity contribution is 5.82. The molecule has 0 fully saturated rings. The van der Waals surface area contributed by atoms with Gasteiger partial charge in [-0.25, -0.2) is 0 Å². The maximum absolute atomic E-state index is 5.16. The van der Waals surface area contributed by atoms with Gasteiger partial charge >= 0.3 is 0 Å². The molecule has 1 atom stereocenters. The van der Waals surface area contributed by atoms with Crippen molar-refractivity contribution < 1.29 is 4.42 Å². The molecule has 0 aliphatic heterocycles. The molecular weight excluding hydrogens is 226 g/mol. The van der Waals surface area contributed by atoms with Crippen LogP contribution >= 0.6 is 0 Å². The van der Waals surface area contributed by atoms with Crippen LogP contribution in [0.15, 0.2) is 47.3 Å². The van der Waals surface area contributed by atoms with E-state index in [2.05, 4.69) is 22.5 Å². The SMILES string of the molecule is CNC(c1ccoc1)c1nn(C)c2ccccc12. The molecule has 2 aromatic heterocycles. The van der Waals surface area contributed by atoms with Gasteiger partial charge in [0.15, 0.2) is 0 Å². The smallest absolute Gasteiger partial charge is 0.0954 e. The van der Waals surface area contributed by atoms with Crippen molar-refractivity contribution in [2.45, 2.75) is 6.04 Å². The number of furan rings is 1. The average Bonchev–Trinajstić information content (AvgIpc) is 3.01. The van der Waals surface area contributed by atoms with Gasteiger partial charge in [-0.3, -0.25) is 4.68 Å².